The predicted molar refractivity (Wildman–Crippen MR) is 82.1 cm³/mol. The van der Waals surface area contributed by atoms with Crippen molar-refractivity contribution >= 4 is 17.3 Å². The fourth-order valence-corrected chi connectivity index (χ4v) is 3.70. The minimum absolute atomic E-state index is 0.173. The molecular weight excluding hydrogens is 256 g/mol. The van der Waals surface area contributed by atoms with Crippen LogP contribution in [0.25, 0.3) is 0 Å². The number of hydrogen-bond acceptors (Lipinski definition) is 2. The SMILES string of the molecule is CCN1CCC(C(Cl)c2ccc3c(c2)NCC3)CC1. The Hall–Kier alpha value is -0.730. The number of nitrogens with zero attached hydrogens (tertiary/aromatic N) is 1. The van der Waals surface area contributed by atoms with Crippen LogP contribution in [0.4, 0.5) is 5.69 Å². The molecule has 104 valence electrons. The van der Waals surface area contributed by atoms with Crippen LogP contribution in [0.15, 0.2) is 18.2 Å². The van der Waals surface area contributed by atoms with Gasteiger partial charge in [-0.1, -0.05) is 19.1 Å². The van der Waals surface area contributed by atoms with E-state index in [4.69, 9.17) is 11.6 Å². The molecule has 3 rings (SSSR count). The van der Waals surface area contributed by atoms with Gasteiger partial charge in [-0.25, -0.2) is 0 Å². The van der Waals surface area contributed by atoms with Crippen molar-refractivity contribution < 1.29 is 0 Å². The first-order valence-electron chi connectivity index (χ1n) is 7.51. The van der Waals surface area contributed by atoms with Gasteiger partial charge in [0.25, 0.3) is 0 Å². The first-order valence-corrected chi connectivity index (χ1v) is 7.94. The van der Waals surface area contributed by atoms with Gasteiger partial charge in [0, 0.05) is 12.2 Å². The van der Waals surface area contributed by atoms with Crippen molar-refractivity contribution in [3.8, 4) is 0 Å². The number of nitrogens with one attached hydrogen (secondary N) is 1. The minimum atomic E-state index is 0.173. The molecule has 1 N–H and O–H groups in total. The standard InChI is InChI=1S/C16H23ClN2/c1-2-19-9-6-13(7-10-19)16(17)14-4-3-12-5-8-18-15(12)11-14/h3-4,11,13,16,18H,2,5-10H2,1H3. The lowest BCUT2D eigenvalue weighted by Crippen LogP contribution is -2.34. The van der Waals surface area contributed by atoms with E-state index in [9.17, 15) is 0 Å². The van der Waals surface area contributed by atoms with Gasteiger partial charge in [0.2, 0.25) is 0 Å². The molecule has 0 amide bonds. The zero-order valence-corrected chi connectivity index (χ0v) is 12.4. The lowest BCUT2D eigenvalue weighted by atomic mass is 9.89. The number of anilines is 1. The third-order valence-corrected chi connectivity index (χ3v) is 5.26. The monoisotopic (exact) mass is 278 g/mol. The topological polar surface area (TPSA) is 15.3 Å². The highest BCUT2D eigenvalue weighted by Crippen LogP contribution is 2.38. The third kappa shape index (κ3) is 2.75. The summed E-state index contributed by atoms with van der Waals surface area (Å²) in [5.74, 6) is 0.629. The van der Waals surface area contributed by atoms with Crippen LogP contribution >= 0.6 is 11.6 Å². The molecule has 1 fully saturated rings. The average Bonchev–Trinajstić information content (AvgIpc) is 2.94. The van der Waals surface area contributed by atoms with Crippen molar-refractivity contribution in [2.24, 2.45) is 5.92 Å². The van der Waals surface area contributed by atoms with Crippen LogP contribution in [0.1, 0.15) is 36.3 Å². The van der Waals surface area contributed by atoms with Crippen LogP contribution in [-0.2, 0) is 6.42 Å². The van der Waals surface area contributed by atoms with E-state index < -0.39 is 0 Å². The van der Waals surface area contributed by atoms with Gasteiger partial charge in [-0.05, 0) is 62.0 Å². The summed E-state index contributed by atoms with van der Waals surface area (Å²) >= 11 is 6.73. The Bertz CT molecular complexity index is 438. The maximum absolute atomic E-state index is 6.73. The molecule has 0 saturated carbocycles. The molecule has 1 aromatic rings. The van der Waals surface area contributed by atoms with Gasteiger partial charge < -0.3 is 10.2 Å². The number of benzene rings is 1. The molecule has 0 aliphatic carbocycles. The third-order valence-electron chi connectivity index (χ3n) is 4.66. The predicted octanol–water partition coefficient (Wildman–Crippen LogP) is 3.67. The highest BCUT2D eigenvalue weighted by Gasteiger charge is 2.26. The molecule has 2 aliphatic rings. The molecule has 3 heteroatoms. The maximum Gasteiger partial charge on any atom is 0.0615 e. The normalized spacial score (nSPS) is 22.0. The summed E-state index contributed by atoms with van der Waals surface area (Å²) in [5.41, 5.74) is 4.03. The maximum atomic E-state index is 6.73. The Kier molecular flexibility index (Phi) is 3.99. The largest absolute Gasteiger partial charge is 0.384 e. The molecule has 0 radical (unpaired) electrons. The number of likely N-dealkylation sites (tertiary alicyclic amines) is 1. The number of rotatable bonds is 3. The van der Waals surface area contributed by atoms with Crippen molar-refractivity contribution in [1.29, 1.82) is 0 Å². The highest BCUT2D eigenvalue weighted by atomic mass is 35.5. The number of hydrogen-bond donors (Lipinski definition) is 1. The van der Waals surface area contributed by atoms with Crippen molar-refractivity contribution in [1.82, 2.24) is 4.90 Å². The molecule has 0 aromatic heterocycles. The average molecular weight is 279 g/mol. The second-order valence-electron chi connectivity index (χ2n) is 5.77. The lowest BCUT2D eigenvalue weighted by Gasteiger charge is -2.33. The minimum Gasteiger partial charge on any atom is -0.384 e. The summed E-state index contributed by atoms with van der Waals surface area (Å²) in [4.78, 5) is 2.52. The molecule has 2 heterocycles. The van der Waals surface area contributed by atoms with Crippen molar-refractivity contribution in [3.63, 3.8) is 0 Å². The smallest absolute Gasteiger partial charge is 0.0615 e. The number of fused-ring (bicyclic) bond motifs is 1. The Labute approximate surface area is 121 Å². The van der Waals surface area contributed by atoms with Gasteiger partial charge in [0.05, 0.1) is 5.38 Å². The fraction of sp³-hybridized carbons (Fsp3) is 0.625. The Balaban J connectivity index is 1.68. The molecule has 1 atom stereocenters. The zero-order valence-electron chi connectivity index (χ0n) is 11.7. The summed E-state index contributed by atoms with van der Waals surface area (Å²) in [6, 6.07) is 6.75. The van der Waals surface area contributed by atoms with E-state index in [1.807, 2.05) is 0 Å². The van der Waals surface area contributed by atoms with E-state index in [2.05, 4.69) is 35.3 Å². The highest BCUT2D eigenvalue weighted by molar-refractivity contribution is 6.21. The van der Waals surface area contributed by atoms with Crippen molar-refractivity contribution in [2.45, 2.75) is 31.6 Å². The Morgan fingerprint density at radius 2 is 2.16 bits per heavy atom. The van der Waals surface area contributed by atoms with Gasteiger partial charge in [0.1, 0.15) is 0 Å². The fourth-order valence-electron chi connectivity index (χ4n) is 3.31. The van der Waals surface area contributed by atoms with Crippen LogP contribution < -0.4 is 5.32 Å². The second-order valence-corrected chi connectivity index (χ2v) is 6.24. The number of alkyl halides is 1. The van der Waals surface area contributed by atoms with Crippen LogP contribution in [0, 0.1) is 5.92 Å². The summed E-state index contributed by atoms with van der Waals surface area (Å²) < 4.78 is 0. The summed E-state index contributed by atoms with van der Waals surface area (Å²) in [6.07, 6.45) is 3.61. The van der Waals surface area contributed by atoms with Crippen LogP contribution in [0.3, 0.4) is 0 Å². The van der Waals surface area contributed by atoms with Crippen LogP contribution in [-0.4, -0.2) is 31.1 Å². The molecule has 19 heavy (non-hydrogen) atoms. The van der Waals surface area contributed by atoms with Gasteiger partial charge >= 0.3 is 0 Å². The van der Waals surface area contributed by atoms with E-state index in [1.54, 1.807) is 0 Å². The molecular formula is C16H23ClN2. The second kappa shape index (κ2) is 5.72. The Morgan fingerprint density at radius 3 is 2.89 bits per heavy atom. The van der Waals surface area contributed by atoms with Gasteiger partial charge in [-0.15, -0.1) is 11.6 Å². The zero-order chi connectivity index (χ0) is 13.2. The van der Waals surface area contributed by atoms with E-state index in [0.29, 0.717) is 5.92 Å². The van der Waals surface area contributed by atoms with E-state index in [0.717, 1.165) is 13.0 Å². The number of halogens is 1. The summed E-state index contributed by atoms with van der Waals surface area (Å²) in [6.45, 7) is 6.88. The van der Waals surface area contributed by atoms with Crippen LogP contribution in [0.5, 0.6) is 0 Å². The quantitative estimate of drug-likeness (QED) is 0.849. The van der Waals surface area contributed by atoms with Gasteiger partial charge in [-0.2, -0.15) is 0 Å². The lowest BCUT2D eigenvalue weighted by molar-refractivity contribution is 0.189. The van der Waals surface area contributed by atoms with Crippen molar-refractivity contribution in [2.75, 3.05) is 31.5 Å². The number of piperidine rings is 1. The molecule has 1 saturated heterocycles. The first kappa shape index (κ1) is 13.3. The molecule has 0 spiro atoms. The van der Waals surface area contributed by atoms with E-state index in [-0.39, 0.29) is 5.38 Å². The molecule has 2 aliphatic heterocycles. The molecule has 2 nitrogen and oxygen atoms in total. The van der Waals surface area contributed by atoms with Gasteiger partial charge in [-0.3, -0.25) is 0 Å². The van der Waals surface area contributed by atoms with Crippen molar-refractivity contribution in [3.05, 3.63) is 29.3 Å². The first-order chi connectivity index (χ1) is 9.28. The van der Waals surface area contributed by atoms with E-state index >= 15 is 0 Å². The van der Waals surface area contributed by atoms with E-state index in [1.165, 1.54) is 49.3 Å². The molecule has 1 aromatic carbocycles. The molecule has 0 bridgehead atoms. The Morgan fingerprint density at radius 1 is 1.37 bits per heavy atom. The molecule has 1 unspecified atom stereocenters. The summed E-state index contributed by atoms with van der Waals surface area (Å²) in [7, 11) is 0. The van der Waals surface area contributed by atoms with Crippen LogP contribution in [0.2, 0.25) is 0 Å². The van der Waals surface area contributed by atoms with Gasteiger partial charge in [0.15, 0.2) is 0 Å². The summed E-state index contributed by atoms with van der Waals surface area (Å²) in [5, 5.41) is 3.62.